The Hall–Kier alpha value is -2.60. The molecule has 6 heteroatoms. The first kappa shape index (κ1) is 22.1. The number of ketones is 1. The quantitative estimate of drug-likeness (QED) is 0.254. The first-order valence-electron chi connectivity index (χ1n) is 10.1. The third-order valence-electron chi connectivity index (χ3n) is 5.33. The lowest BCUT2D eigenvalue weighted by molar-refractivity contribution is -0.139. The Bertz CT molecular complexity index is 998. The van der Waals surface area contributed by atoms with Crippen LogP contribution in [0.4, 0.5) is 0 Å². The maximum absolute atomic E-state index is 13.0. The van der Waals surface area contributed by atoms with Gasteiger partial charge in [0.15, 0.2) is 0 Å². The number of aliphatic hydroxyl groups is 1. The highest BCUT2D eigenvalue weighted by atomic mass is 79.9. The van der Waals surface area contributed by atoms with Crippen molar-refractivity contribution in [2.45, 2.75) is 39.2 Å². The summed E-state index contributed by atoms with van der Waals surface area (Å²) in [6.45, 7) is 4.53. The Kier molecular flexibility index (Phi) is 6.98. The van der Waals surface area contributed by atoms with E-state index >= 15 is 0 Å². The van der Waals surface area contributed by atoms with E-state index in [-0.39, 0.29) is 11.3 Å². The van der Waals surface area contributed by atoms with Gasteiger partial charge in [-0.3, -0.25) is 9.59 Å². The van der Waals surface area contributed by atoms with Crippen molar-refractivity contribution >= 4 is 33.4 Å². The first-order chi connectivity index (χ1) is 14.4. The van der Waals surface area contributed by atoms with E-state index in [1.165, 1.54) is 0 Å². The van der Waals surface area contributed by atoms with E-state index in [0.29, 0.717) is 22.3 Å². The molecule has 0 aliphatic carbocycles. The maximum Gasteiger partial charge on any atom is 0.295 e. The van der Waals surface area contributed by atoms with E-state index in [9.17, 15) is 14.7 Å². The van der Waals surface area contributed by atoms with Gasteiger partial charge in [-0.1, -0.05) is 49.6 Å². The highest BCUT2D eigenvalue weighted by Gasteiger charge is 2.45. The van der Waals surface area contributed by atoms with Crippen LogP contribution in [0.1, 0.15) is 48.9 Å². The van der Waals surface area contributed by atoms with Gasteiger partial charge in [0, 0.05) is 12.1 Å². The van der Waals surface area contributed by atoms with Crippen molar-refractivity contribution in [1.82, 2.24) is 4.90 Å². The molecule has 158 valence electrons. The number of aryl methyl sites for hydroxylation is 1. The molecule has 1 unspecified atom stereocenters. The van der Waals surface area contributed by atoms with Crippen LogP contribution in [-0.4, -0.2) is 35.4 Å². The number of ether oxygens (including phenoxy) is 1. The summed E-state index contributed by atoms with van der Waals surface area (Å²) in [7, 11) is 1.55. The number of rotatable bonds is 7. The number of methoxy groups -OCH3 is 1. The summed E-state index contributed by atoms with van der Waals surface area (Å²) in [5.74, 6) is -0.780. The van der Waals surface area contributed by atoms with Crippen LogP contribution in [0.15, 0.2) is 52.5 Å². The molecule has 1 heterocycles. The van der Waals surface area contributed by atoms with Gasteiger partial charge in [0.1, 0.15) is 11.5 Å². The monoisotopic (exact) mass is 471 g/mol. The summed E-state index contributed by atoms with van der Waals surface area (Å²) in [5, 5.41) is 11.1. The summed E-state index contributed by atoms with van der Waals surface area (Å²) in [4.78, 5) is 27.5. The molecule has 1 aliphatic rings. The second kappa shape index (κ2) is 9.47. The number of nitrogens with zero attached hydrogens (tertiary/aromatic N) is 1. The molecule has 1 fully saturated rings. The number of unbranched alkanes of at least 4 members (excludes halogenated alkanes) is 2. The zero-order valence-corrected chi connectivity index (χ0v) is 19.0. The number of carbonyl (C=O) groups is 2. The lowest BCUT2D eigenvalue weighted by Crippen LogP contribution is -2.30. The van der Waals surface area contributed by atoms with Crippen LogP contribution >= 0.6 is 15.9 Å². The number of amides is 1. The number of halogens is 1. The summed E-state index contributed by atoms with van der Waals surface area (Å²) in [5.41, 5.74) is 2.42. The van der Waals surface area contributed by atoms with Gasteiger partial charge in [-0.25, -0.2) is 0 Å². The van der Waals surface area contributed by atoms with Gasteiger partial charge in [0.05, 0.1) is 23.2 Å². The minimum absolute atomic E-state index is 0.124. The van der Waals surface area contributed by atoms with Crippen molar-refractivity contribution in [2.75, 3.05) is 13.7 Å². The van der Waals surface area contributed by atoms with Crippen molar-refractivity contribution in [3.63, 3.8) is 0 Å². The van der Waals surface area contributed by atoms with E-state index in [2.05, 4.69) is 22.9 Å². The van der Waals surface area contributed by atoms with Crippen LogP contribution in [0.25, 0.3) is 5.76 Å². The average Bonchev–Trinajstić information content (AvgIpc) is 2.98. The number of carbonyl (C=O) groups excluding carboxylic acids is 2. The fourth-order valence-electron chi connectivity index (χ4n) is 3.80. The van der Waals surface area contributed by atoms with Gasteiger partial charge in [-0.2, -0.15) is 0 Å². The lowest BCUT2D eigenvalue weighted by Gasteiger charge is -2.25. The van der Waals surface area contributed by atoms with E-state index in [0.717, 1.165) is 30.4 Å². The highest BCUT2D eigenvalue weighted by molar-refractivity contribution is 9.10. The van der Waals surface area contributed by atoms with Gasteiger partial charge in [0.2, 0.25) is 0 Å². The Labute approximate surface area is 185 Å². The second-order valence-corrected chi connectivity index (χ2v) is 8.32. The van der Waals surface area contributed by atoms with E-state index < -0.39 is 17.7 Å². The molecule has 1 aliphatic heterocycles. The topological polar surface area (TPSA) is 66.8 Å². The van der Waals surface area contributed by atoms with Gasteiger partial charge in [-0.15, -0.1) is 0 Å². The largest absolute Gasteiger partial charge is 0.507 e. The third-order valence-corrected chi connectivity index (χ3v) is 5.95. The predicted molar refractivity (Wildman–Crippen MR) is 120 cm³/mol. The van der Waals surface area contributed by atoms with Crippen molar-refractivity contribution < 1.29 is 19.4 Å². The van der Waals surface area contributed by atoms with Crippen LogP contribution in [0.5, 0.6) is 5.75 Å². The molecule has 2 aromatic carbocycles. The fourth-order valence-corrected chi connectivity index (χ4v) is 4.34. The Morgan fingerprint density at radius 1 is 1.17 bits per heavy atom. The maximum atomic E-state index is 13.0. The molecule has 1 saturated heterocycles. The van der Waals surface area contributed by atoms with Gasteiger partial charge < -0.3 is 14.7 Å². The van der Waals surface area contributed by atoms with Gasteiger partial charge >= 0.3 is 0 Å². The van der Waals surface area contributed by atoms with Gasteiger partial charge in [-0.05, 0) is 53.0 Å². The summed E-state index contributed by atoms with van der Waals surface area (Å²) >= 11 is 3.41. The van der Waals surface area contributed by atoms with E-state index in [4.69, 9.17) is 4.74 Å². The number of benzene rings is 2. The minimum atomic E-state index is -0.651. The Morgan fingerprint density at radius 3 is 2.57 bits per heavy atom. The zero-order valence-electron chi connectivity index (χ0n) is 17.4. The SMILES string of the molecule is CCCCCN1C(=O)C(=O)/C(=C(\O)c2ccc(OC)c(Br)c2)C1c1cccc(C)c1. The standard InChI is InChI=1S/C24H26BrNO4/c1-4-5-6-12-26-21(16-9-7-8-15(2)13-16)20(23(28)24(26)29)22(27)17-10-11-19(30-3)18(25)14-17/h7-11,13-14,21,27H,4-6,12H2,1-3H3/b22-20-. The van der Waals surface area contributed by atoms with Crippen molar-refractivity contribution in [1.29, 1.82) is 0 Å². The van der Waals surface area contributed by atoms with Crippen LogP contribution < -0.4 is 4.74 Å². The number of hydrogen-bond acceptors (Lipinski definition) is 4. The highest BCUT2D eigenvalue weighted by Crippen LogP contribution is 2.40. The minimum Gasteiger partial charge on any atom is -0.507 e. The normalized spacial score (nSPS) is 18.1. The van der Waals surface area contributed by atoms with Crippen molar-refractivity contribution in [3.8, 4) is 5.75 Å². The molecule has 5 nitrogen and oxygen atoms in total. The molecule has 0 radical (unpaired) electrons. The molecule has 0 saturated carbocycles. The number of hydrogen-bond donors (Lipinski definition) is 1. The molecule has 1 N–H and O–H groups in total. The number of aliphatic hydroxyl groups excluding tert-OH is 1. The summed E-state index contributed by atoms with van der Waals surface area (Å²) in [6, 6.07) is 12.2. The van der Waals surface area contributed by atoms with Crippen LogP contribution in [-0.2, 0) is 9.59 Å². The fraction of sp³-hybridized carbons (Fsp3) is 0.333. The third kappa shape index (κ3) is 4.29. The van der Waals surface area contributed by atoms with Crippen LogP contribution in [0.3, 0.4) is 0 Å². The molecule has 0 spiro atoms. The summed E-state index contributed by atoms with van der Waals surface area (Å²) < 4.78 is 5.90. The molecular weight excluding hydrogens is 446 g/mol. The molecule has 0 bridgehead atoms. The number of Topliss-reactive ketones (excluding diaryl/α,β-unsaturated/α-hetero) is 1. The molecule has 30 heavy (non-hydrogen) atoms. The molecule has 2 aromatic rings. The second-order valence-electron chi connectivity index (χ2n) is 7.46. The van der Waals surface area contributed by atoms with Crippen molar-refractivity contribution in [2.24, 2.45) is 0 Å². The van der Waals surface area contributed by atoms with Crippen molar-refractivity contribution in [3.05, 3.63) is 69.2 Å². The summed E-state index contributed by atoms with van der Waals surface area (Å²) in [6.07, 6.45) is 2.79. The average molecular weight is 472 g/mol. The molecule has 3 rings (SSSR count). The van der Waals surface area contributed by atoms with E-state index in [1.807, 2.05) is 31.2 Å². The Morgan fingerprint density at radius 2 is 1.93 bits per heavy atom. The molecular formula is C24H26BrNO4. The smallest absolute Gasteiger partial charge is 0.295 e. The molecule has 1 atom stereocenters. The van der Waals surface area contributed by atoms with Crippen LogP contribution in [0, 0.1) is 6.92 Å². The zero-order chi connectivity index (χ0) is 21.8. The molecule has 1 amide bonds. The number of likely N-dealkylation sites (tertiary alicyclic amines) is 1. The first-order valence-corrected chi connectivity index (χ1v) is 10.9. The molecule has 0 aromatic heterocycles. The van der Waals surface area contributed by atoms with E-state index in [1.54, 1.807) is 30.2 Å². The van der Waals surface area contributed by atoms with Crippen LogP contribution in [0.2, 0.25) is 0 Å². The predicted octanol–water partition coefficient (Wildman–Crippen LogP) is 5.38. The lowest BCUT2D eigenvalue weighted by atomic mass is 9.94. The van der Waals surface area contributed by atoms with Gasteiger partial charge in [0.25, 0.3) is 11.7 Å². The Balaban J connectivity index is 2.13.